The molecule has 5 aromatic rings. The lowest BCUT2D eigenvalue weighted by Gasteiger charge is -2.28. The minimum Gasteiger partial charge on any atom is -0.310 e. The zero-order chi connectivity index (χ0) is 21.3. The Morgan fingerprint density at radius 3 is 1.88 bits per heavy atom. The first-order chi connectivity index (χ1) is 15.9. The Bertz CT molecular complexity index is 1390. The average molecular weight is 410 g/mol. The van der Waals surface area contributed by atoms with Crippen molar-refractivity contribution in [1.82, 2.24) is 0 Å². The van der Waals surface area contributed by atoms with Gasteiger partial charge in [0.25, 0.3) is 0 Å². The summed E-state index contributed by atoms with van der Waals surface area (Å²) in [7, 11) is 0. The molecule has 1 heteroatoms. The zero-order valence-electron chi connectivity index (χ0n) is 17.8. The van der Waals surface area contributed by atoms with E-state index in [2.05, 4.69) is 132 Å². The third-order valence-corrected chi connectivity index (χ3v) is 6.28. The van der Waals surface area contributed by atoms with Gasteiger partial charge < -0.3 is 4.90 Å². The molecule has 0 spiro atoms. The summed E-state index contributed by atoms with van der Waals surface area (Å²) in [5.41, 5.74) is 11.5. The first-order valence-electron chi connectivity index (χ1n) is 11.1. The van der Waals surface area contributed by atoms with Gasteiger partial charge in [0, 0.05) is 16.9 Å². The lowest BCUT2D eigenvalue weighted by Crippen LogP contribution is -2.11. The highest BCUT2D eigenvalue weighted by molar-refractivity contribution is 5.89. The first kappa shape index (κ1) is 18.7. The van der Waals surface area contributed by atoms with Crippen molar-refractivity contribution in [3.8, 4) is 22.3 Å². The van der Waals surface area contributed by atoms with Crippen LogP contribution in [0, 0.1) is 0 Å². The van der Waals surface area contributed by atoms with Crippen LogP contribution in [0.1, 0.15) is 11.1 Å². The number of hydrogen-bond donors (Lipinski definition) is 0. The van der Waals surface area contributed by atoms with Crippen LogP contribution in [0.3, 0.4) is 0 Å². The van der Waals surface area contributed by atoms with Crippen LogP contribution in [0.25, 0.3) is 22.3 Å². The molecule has 0 fully saturated rings. The van der Waals surface area contributed by atoms with Gasteiger partial charge >= 0.3 is 0 Å². The van der Waals surface area contributed by atoms with E-state index in [1.165, 1.54) is 44.8 Å². The van der Waals surface area contributed by atoms with E-state index in [1.54, 1.807) is 0 Å². The van der Waals surface area contributed by atoms with Gasteiger partial charge in [-0.3, -0.25) is 0 Å². The van der Waals surface area contributed by atoms with Crippen molar-refractivity contribution in [2.75, 3.05) is 4.90 Å². The second-order valence-electron chi connectivity index (χ2n) is 8.23. The topological polar surface area (TPSA) is 3.24 Å². The van der Waals surface area contributed by atoms with E-state index in [0.717, 1.165) is 12.1 Å². The fraction of sp³-hybridized carbons (Fsp3) is 0.0323. The minimum absolute atomic E-state index is 0.988. The van der Waals surface area contributed by atoms with E-state index in [-0.39, 0.29) is 0 Å². The molecule has 0 aliphatic heterocycles. The molecule has 0 N–H and O–H groups in total. The molecular weight excluding hydrogens is 386 g/mol. The van der Waals surface area contributed by atoms with Crippen LogP contribution < -0.4 is 4.90 Å². The number of anilines is 3. The molecule has 0 amide bonds. The Morgan fingerprint density at radius 2 is 1.06 bits per heavy atom. The third-order valence-electron chi connectivity index (χ3n) is 6.28. The Labute approximate surface area is 189 Å². The van der Waals surface area contributed by atoms with Crippen LogP contribution in [0.5, 0.6) is 0 Å². The van der Waals surface area contributed by atoms with E-state index in [1.807, 2.05) is 0 Å². The number of nitrogens with zero attached hydrogens (tertiary/aromatic N) is 1. The molecule has 32 heavy (non-hydrogen) atoms. The average Bonchev–Trinajstić information content (AvgIpc) is 3.24. The number of hydrogen-bond acceptors (Lipinski definition) is 1. The molecule has 5 aromatic carbocycles. The van der Waals surface area contributed by atoms with Gasteiger partial charge in [-0.1, -0.05) is 97.1 Å². The van der Waals surface area contributed by atoms with Gasteiger partial charge in [0.15, 0.2) is 0 Å². The van der Waals surface area contributed by atoms with Crippen molar-refractivity contribution in [3.63, 3.8) is 0 Å². The fourth-order valence-electron chi connectivity index (χ4n) is 4.81. The van der Waals surface area contributed by atoms with Crippen LogP contribution >= 0.6 is 0 Å². The maximum atomic E-state index is 2.38. The van der Waals surface area contributed by atoms with Gasteiger partial charge in [0.05, 0.1) is 5.69 Å². The largest absolute Gasteiger partial charge is 0.310 e. The van der Waals surface area contributed by atoms with Crippen LogP contribution in [-0.4, -0.2) is 0 Å². The van der Waals surface area contributed by atoms with Crippen molar-refractivity contribution < 1.29 is 0 Å². The van der Waals surface area contributed by atoms with E-state index in [9.17, 15) is 0 Å². The second kappa shape index (κ2) is 7.86. The summed E-state index contributed by atoms with van der Waals surface area (Å²) in [6.45, 7) is 0. The van der Waals surface area contributed by atoms with Gasteiger partial charge in [-0.15, -0.1) is 0 Å². The summed E-state index contributed by atoms with van der Waals surface area (Å²) < 4.78 is 0. The molecule has 0 unspecified atom stereocenters. The predicted octanol–water partition coefficient (Wildman–Crippen LogP) is 8.39. The van der Waals surface area contributed by atoms with Gasteiger partial charge in [-0.2, -0.15) is 0 Å². The molecule has 0 radical (unpaired) electrons. The summed E-state index contributed by atoms with van der Waals surface area (Å²) >= 11 is 0. The van der Waals surface area contributed by atoms with Crippen molar-refractivity contribution in [2.45, 2.75) is 6.42 Å². The smallest absolute Gasteiger partial charge is 0.0540 e. The molecule has 0 heterocycles. The molecule has 0 aromatic heterocycles. The van der Waals surface area contributed by atoms with Crippen LogP contribution in [0.4, 0.5) is 17.1 Å². The Kier molecular flexibility index (Phi) is 4.58. The molecule has 1 aliphatic rings. The van der Waals surface area contributed by atoms with E-state index >= 15 is 0 Å². The fourth-order valence-corrected chi connectivity index (χ4v) is 4.81. The SMILES string of the molecule is c1ccc(-c2ccccc2N(c2ccccc2)c2ccc3c(c2)Cc2ccccc2-3)cc1. The summed E-state index contributed by atoms with van der Waals surface area (Å²) in [5, 5.41) is 0. The summed E-state index contributed by atoms with van der Waals surface area (Å²) in [4.78, 5) is 2.38. The second-order valence-corrected chi connectivity index (χ2v) is 8.23. The van der Waals surface area contributed by atoms with Gasteiger partial charge in [-0.25, -0.2) is 0 Å². The Morgan fingerprint density at radius 1 is 0.438 bits per heavy atom. The molecule has 6 rings (SSSR count). The van der Waals surface area contributed by atoms with Crippen molar-refractivity contribution in [1.29, 1.82) is 0 Å². The molecule has 0 bridgehead atoms. The standard InChI is InChI=1S/C31H23N/c1-3-11-23(12-4-1)30-17-9-10-18-31(30)32(26-14-5-2-6-15-26)27-19-20-29-25(22-27)21-24-13-7-8-16-28(24)29/h1-20,22H,21H2. The van der Waals surface area contributed by atoms with E-state index in [4.69, 9.17) is 0 Å². The molecule has 1 nitrogen and oxygen atoms in total. The Hall–Kier alpha value is -4.10. The summed E-state index contributed by atoms with van der Waals surface area (Å²) in [5.74, 6) is 0. The van der Waals surface area contributed by atoms with E-state index < -0.39 is 0 Å². The third kappa shape index (κ3) is 3.19. The van der Waals surface area contributed by atoms with Gasteiger partial charge in [0.1, 0.15) is 0 Å². The number of benzene rings is 5. The maximum absolute atomic E-state index is 2.38. The predicted molar refractivity (Wildman–Crippen MR) is 135 cm³/mol. The molecule has 152 valence electrons. The monoisotopic (exact) mass is 409 g/mol. The summed E-state index contributed by atoms with van der Waals surface area (Å²) in [6.07, 6.45) is 0.988. The zero-order valence-corrected chi connectivity index (χ0v) is 17.8. The first-order valence-corrected chi connectivity index (χ1v) is 11.1. The number of para-hydroxylation sites is 2. The van der Waals surface area contributed by atoms with E-state index in [0.29, 0.717) is 0 Å². The minimum atomic E-state index is 0.988. The van der Waals surface area contributed by atoms with Gasteiger partial charge in [-0.05, 0) is 64.6 Å². The molecule has 1 aliphatic carbocycles. The van der Waals surface area contributed by atoms with Crippen LogP contribution in [0.15, 0.2) is 127 Å². The highest BCUT2D eigenvalue weighted by Gasteiger charge is 2.21. The molecule has 0 saturated heterocycles. The highest BCUT2D eigenvalue weighted by Crippen LogP contribution is 2.44. The van der Waals surface area contributed by atoms with Crippen LogP contribution in [-0.2, 0) is 6.42 Å². The lowest BCUT2D eigenvalue weighted by molar-refractivity contribution is 1.23. The molecular formula is C31H23N. The normalized spacial score (nSPS) is 11.6. The van der Waals surface area contributed by atoms with Crippen LogP contribution in [0.2, 0.25) is 0 Å². The Balaban J connectivity index is 1.53. The van der Waals surface area contributed by atoms with Crippen molar-refractivity contribution in [3.05, 3.63) is 139 Å². The summed E-state index contributed by atoms with van der Waals surface area (Å²) in [6, 6.07) is 45.6. The maximum Gasteiger partial charge on any atom is 0.0540 e. The number of fused-ring (bicyclic) bond motifs is 3. The molecule has 0 atom stereocenters. The van der Waals surface area contributed by atoms with Crippen molar-refractivity contribution in [2.24, 2.45) is 0 Å². The lowest BCUT2D eigenvalue weighted by atomic mass is 10.0. The van der Waals surface area contributed by atoms with Crippen molar-refractivity contribution >= 4 is 17.1 Å². The quantitative estimate of drug-likeness (QED) is 0.282. The molecule has 0 saturated carbocycles. The van der Waals surface area contributed by atoms with Gasteiger partial charge in [0.2, 0.25) is 0 Å². The highest BCUT2D eigenvalue weighted by atomic mass is 15.1. The number of rotatable bonds is 4.